The van der Waals surface area contributed by atoms with Crippen molar-refractivity contribution in [1.82, 2.24) is 4.98 Å². The second-order valence-corrected chi connectivity index (χ2v) is 3.41. The van der Waals surface area contributed by atoms with Crippen LogP contribution in [0.1, 0.15) is 0 Å². The molecule has 0 aliphatic rings. The molecule has 0 aliphatic heterocycles. The van der Waals surface area contributed by atoms with Gasteiger partial charge in [-0.05, 0) is 6.07 Å². The number of pyridine rings is 1. The smallest absolute Gasteiger partial charge is 0.388 e. The van der Waals surface area contributed by atoms with Crippen molar-refractivity contribution >= 4 is 22.5 Å². The molecule has 0 fully saturated rings. The van der Waals surface area contributed by atoms with Crippen LogP contribution in [0.3, 0.4) is 0 Å². The zero-order valence-corrected chi connectivity index (χ0v) is 8.51. The van der Waals surface area contributed by atoms with Gasteiger partial charge in [0, 0.05) is 11.5 Å². The van der Waals surface area contributed by atoms with Crippen LogP contribution in [0.15, 0.2) is 30.3 Å². The standard InChI is InChI=1S/C10H5ClF3NO/c11-7-5-9(16-10(12,13)14)15-8-4-2-1-3-6(7)8/h1-5H. The van der Waals surface area contributed by atoms with E-state index < -0.39 is 12.2 Å². The topological polar surface area (TPSA) is 22.1 Å². The predicted molar refractivity (Wildman–Crippen MR) is 53.4 cm³/mol. The Morgan fingerprint density at radius 1 is 1.19 bits per heavy atom. The number of aromatic nitrogens is 1. The molecule has 0 bridgehead atoms. The Bertz CT molecular complexity index is 527. The molecule has 84 valence electrons. The Labute approximate surface area is 93.6 Å². The molecule has 0 saturated carbocycles. The van der Waals surface area contributed by atoms with E-state index >= 15 is 0 Å². The summed E-state index contributed by atoms with van der Waals surface area (Å²) in [6.07, 6.45) is -4.77. The molecule has 0 unspecified atom stereocenters. The number of rotatable bonds is 1. The molecule has 0 spiro atoms. The molecular weight excluding hydrogens is 243 g/mol. The molecule has 0 amide bonds. The summed E-state index contributed by atoms with van der Waals surface area (Å²) in [6, 6.07) is 7.65. The summed E-state index contributed by atoms with van der Waals surface area (Å²) in [4.78, 5) is 3.69. The lowest BCUT2D eigenvalue weighted by Gasteiger charge is -2.09. The van der Waals surface area contributed by atoms with Crippen LogP contribution in [-0.2, 0) is 0 Å². The molecule has 16 heavy (non-hydrogen) atoms. The monoisotopic (exact) mass is 247 g/mol. The molecule has 2 nitrogen and oxygen atoms in total. The van der Waals surface area contributed by atoms with Crippen LogP contribution in [0.25, 0.3) is 10.9 Å². The van der Waals surface area contributed by atoms with Gasteiger partial charge in [0.15, 0.2) is 0 Å². The van der Waals surface area contributed by atoms with E-state index in [-0.39, 0.29) is 5.02 Å². The Balaban J connectivity index is 2.50. The zero-order valence-electron chi connectivity index (χ0n) is 7.75. The number of alkyl halides is 3. The largest absolute Gasteiger partial charge is 0.574 e. The fourth-order valence-electron chi connectivity index (χ4n) is 1.28. The molecule has 1 aromatic heterocycles. The average molecular weight is 248 g/mol. The van der Waals surface area contributed by atoms with E-state index in [1.807, 2.05) is 0 Å². The third-order valence-electron chi connectivity index (χ3n) is 1.86. The quantitative estimate of drug-likeness (QED) is 0.765. The van der Waals surface area contributed by atoms with Gasteiger partial charge in [-0.3, -0.25) is 0 Å². The summed E-state index contributed by atoms with van der Waals surface area (Å²) in [5.41, 5.74) is 0.356. The summed E-state index contributed by atoms with van der Waals surface area (Å²) in [5.74, 6) is -0.559. The lowest BCUT2D eigenvalue weighted by atomic mass is 10.2. The van der Waals surface area contributed by atoms with E-state index in [1.54, 1.807) is 24.3 Å². The van der Waals surface area contributed by atoms with Gasteiger partial charge in [0.05, 0.1) is 10.5 Å². The number of hydrogen-bond donors (Lipinski definition) is 0. The Kier molecular flexibility index (Phi) is 2.63. The molecule has 2 aromatic rings. The minimum Gasteiger partial charge on any atom is -0.388 e. The number of ether oxygens (including phenoxy) is 1. The molecular formula is C10H5ClF3NO. The van der Waals surface area contributed by atoms with Gasteiger partial charge in [-0.2, -0.15) is 0 Å². The molecule has 6 heteroatoms. The summed E-state index contributed by atoms with van der Waals surface area (Å²) in [7, 11) is 0. The first kappa shape index (κ1) is 11.0. The third kappa shape index (κ3) is 2.36. The van der Waals surface area contributed by atoms with Crippen LogP contribution >= 0.6 is 11.6 Å². The minimum absolute atomic E-state index is 0.171. The summed E-state index contributed by atoms with van der Waals surface area (Å²) >= 11 is 5.80. The van der Waals surface area contributed by atoms with Crippen LogP contribution < -0.4 is 4.74 Å². The number of benzene rings is 1. The van der Waals surface area contributed by atoms with Gasteiger partial charge in [-0.25, -0.2) is 4.98 Å². The second-order valence-electron chi connectivity index (χ2n) is 3.01. The SMILES string of the molecule is FC(F)(F)Oc1cc(Cl)c2ccccc2n1. The zero-order chi connectivity index (χ0) is 11.8. The van der Waals surface area contributed by atoms with E-state index in [2.05, 4.69) is 9.72 Å². The van der Waals surface area contributed by atoms with Crippen molar-refractivity contribution in [2.45, 2.75) is 6.36 Å². The first-order chi connectivity index (χ1) is 7.46. The molecule has 0 N–H and O–H groups in total. The fraction of sp³-hybridized carbons (Fsp3) is 0.100. The van der Waals surface area contributed by atoms with Gasteiger partial charge >= 0.3 is 6.36 Å². The van der Waals surface area contributed by atoms with Gasteiger partial charge in [0.25, 0.3) is 0 Å². The van der Waals surface area contributed by atoms with Crippen molar-refractivity contribution in [2.75, 3.05) is 0 Å². The van der Waals surface area contributed by atoms with Crippen molar-refractivity contribution in [2.24, 2.45) is 0 Å². The van der Waals surface area contributed by atoms with E-state index in [4.69, 9.17) is 11.6 Å². The highest BCUT2D eigenvalue weighted by Crippen LogP contribution is 2.28. The van der Waals surface area contributed by atoms with Gasteiger partial charge in [0.2, 0.25) is 5.88 Å². The van der Waals surface area contributed by atoms with E-state index in [0.717, 1.165) is 6.07 Å². The van der Waals surface area contributed by atoms with Crippen molar-refractivity contribution in [1.29, 1.82) is 0 Å². The molecule has 0 radical (unpaired) electrons. The van der Waals surface area contributed by atoms with Crippen LogP contribution in [0.2, 0.25) is 5.02 Å². The van der Waals surface area contributed by atoms with Gasteiger partial charge in [-0.1, -0.05) is 29.8 Å². The number of para-hydroxylation sites is 1. The molecule has 0 aliphatic carbocycles. The van der Waals surface area contributed by atoms with Crippen molar-refractivity contribution in [3.05, 3.63) is 35.4 Å². The number of hydrogen-bond acceptors (Lipinski definition) is 2. The molecule has 0 atom stereocenters. The van der Waals surface area contributed by atoms with Crippen molar-refractivity contribution < 1.29 is 17.9 Å². The highest BCUT2D eigenvalue weighted by molar-refractivity contribution is 6.35. The van der Waals surface area contributed by atoms with Crippen LogP contribution in [0.5, 0.6) is 5.88 Å². The minimum atomic E-state index is -4.77. The van der Waals surface area contributed by atoms with Gasteiger partial charge in [0.1, 0.15) is 0 Å². The van der Waals surface area contributed by atoms with E-state index in [9.17, 15) is 13.2 Å². The first-order valence-electron chi connectivity index (χ1n) is 4.27. The molecule has 0 saturated heterocycles. The lowest BCUT2D eigenvalue weighted by Crippen LogP contribution is -2.17. The lowest BCUT2D eigenvalue weighted by molar-refractivity contribution is -0.276. The van der Waals surface area contributed by atoms with Crippen LogP contribution in [0.4, 0.5) is 13.2 Å². The Morgan fingerprint density at radius 3 is 2.56 bits per heavy atom. The van der Waals surface area contributed by atoms with Crippen LogP contribution in [-0.4, -0.2) is 11.3 Å². The number of fused-ring (bicyclic) bond motifs is 1. The van der Waals surface area contributed by atoms with Gasteiger partial charge < -0.3 is 4.74 Å². The molecule has 2 rings (SSSR count). The Morgan fingerprint density at radius 2 is 1.88 bits per heavy atom. The highest BCUT2D eigenvalue weighted by Gasteiger charge is 2.32. The van der Waals surface area contributed by atoms with Crippen molar-refractivity contribution in [3.8, 4) is 5.88 Å². The second kappa shape index (κ2) is 3.83. The summed E-state index contributed by atoms with van der Waals surface area (Å²) < 4.78 is 39.6. The first-order valence-corrected chi connectivity index (χ1v) is 4.64. The predicted octanol–water partition coefficient (Wildman–Crippen LogP) is 3.79. The molecule has 1 heterocycles. The van der Waals surface area contributed by atoms with Crippen molar-refractivity contribution in [3.63, 3.8) is 0 Å². The normalized spacial score (nSPS) is 11.8. The van der Waals surface area contributed by atoms with E-state index in [0.29, 0.717) is 10.9 Å². The van der Waals surface area contributed by atoms with Gasteiger partial charge in [-0.15, -0.1) is 13.2 Å². The summed E-state index contributed by atoms with van der Waals surface area (Å²) in [5, 5.41) is 0.753. The van der Waals surface area contributed by atoms with E-state index in [1.165, 1.54) is 0 Å². The number of nitrogens with zero attached hydrogens (tertiary/aromatic N) is 1. The fourth-order valence-corrected chi connectivity index (χ4v) is 1.53. The maximum absolute atomic E-state index is 12.0. The summed E-state index contributed by atoms with van der Waals surface area (Å²) in [6.45, 7) is 0. The third-order valence-corrected chi connectivity index (χ3v) is 2.18. The highest BCUT2D eigenvalue weighted by atomic mass is 35.5. The van der Waals surface area contributed by atoms with Crippen LogP contribution in [0, 0.1) is 0 Å². The maximum atomic E-state index is 12.0. The maximum Gasteiger partial charge on any atom is 0.574 e. The number of halogens is 4. The average Bonchev–Trinajstić information content (AvgIpc) is 2.15. The Hall–Kier alpha value is -1.49. The molecule has 1 aromatic carbocycles.